The molecule has 1 aromatic heterocycles. The van der Waals surface area contributed by atoms with Crippen LogP contribution in [0, 0.1) is 0 Å². The van der Waals surface area contributed by atoms with E-state index >= 15 is 0 Å². The van der Waals surface area contributed by atoms with Gasteiger partial charge in [-0.2, -0.15) is 40.2 Å². The Hall–Kier alpha value is -3.50. The third-order valence-corrected chi connectivity index (χ3v) is 5.93. The minimum absolute atomic E-state index is 0.179. The Balaban J connectivity index is 1.74. The number of rotatable bonds is 7. The standard InChI is InChI=1S/C23H19ClF8N6O2/c1-21(25,26)19-33-17(34-38(19)15-5-3-2-4-14(15)22(27,28)29)11-37-20(40)36(10-16(39)23(30,31)32)18(35-37)12-6-8-13(24)9-7-12/h2-9,16,20,39-40H,10-11H2,1H3/t16-,20?/m0/s1. The van der Waals surface area contributed by atoms with Crippen LogP contribution in [-0.4, -0.2) is 65.9 Å². The van der Waals surface area contributed by atoms with Crippen molar-refractivity contribution in [2.75, 3.05) is 6.54 Å². The zero-order valence-electron chi connectivity index (χ0n) is 20.2. The lowest BCUT2D eigenvalue weighted by molar-refractivity contribution is -0.212. The number of aliphatic hydroxyl groups excluding tert-OH is 2. The second kappa shape index (κ2) is 10.5. The summed E-state index contributed by atoms with van der Waals surface area (Å²) in [5.41, 5.74) is -1.83. The molecule has 1 unspecified atom stereocenters. The highest BCUT2D eigenvalue weighted by atomic mass is 35.5. The first-order chi connectivity index (χ1) is 18.5. The van der Waals surface area contributed by atoms with Gasteiger partial charge in [0, 0.05) is 17.5 Å². The van der Waals surface area contributed by atoms with Gasteiger partial charge in [0.15, 0.2) is 17.8 Å². The molecule has 0 saturated carbocycles. The van der Waals surface area contributed by atoms with Crippen molar-refractivity contribution in [1.82, 2.24) is 24.7 Å². The Kier molecular flexibility index (Phi) is 7.72. The van der Waals surface area contributed by atoms with Crippen LogP contribution in [0.1, 0.15) is 29.7 Å². The molecule has 2 atom stereocenters. The number of aromatic nitrogens is 3. The van der Waals surface area contributed by atoms with Crippen LogP contribution in [0.3, 0.4) is 0 Å². The summed E-state index contributed by atoms with van der Waals surface area (Å²) in [6.45, 7) is -1.47. The number of benzene rings is 2. The van der Waals surface area contributed by atoms with E-state index < -0.39 is 66.7 Å². The lowest BCUT2D eigenvalue weighted by atomic mass is 10.1. The van der Waals surface area contributed by atoms with Crippen molar-refractivity contribution < 1.29 is 45.3 Å². The fourth-order valence-electron chi connectivity index (χ4n) is 3.83. The molecule has 1 aliphatic rings. The summed E-state index contributed by atoms with van der Waals surface area (Å²) in [5, 5.41) is 29.3. The molecule has 1 aliphatic heterocycles. The van der Waals surface area contributed by atoms with Gasteiger partial charge in [0.05, 0.1) is 17.8 Å². The van der Waals surface area contributed by atoms with Crippen LogP contribution >= 0.6 is 11.6 Å². The summed E-state index contributed by atoms with van der Waals surface area (Å²) < 4.78 is 109. The lowest BCUT2D eigenvalue weighted by Gasteiger charge is -2.29. The zero-order chi connectivity index (χ0) is 29.6. The Labute approximate surface area is 225 Å². The van der Waals surface area contributed by atoms with Gasteiger partial charge in [-0.1, -0.05) is 23.7 Å². The monoisotopic (exact) mass is 598 g/mol. The number of β-amino-alcohol motifs (C(OH)–C–C–N with tert-alkyl or cyclic N) is 1. The van der Waals surface area contributed by atoms with Crippen LogP contribution in [-0.2, 0) is 18.6 Å². The number of hydrogen-bond donors (Lipinski definition) is 2. The third-order valence-electron chi connectivity index (χ3n) is 5.68. The quantitative estimate of drug-likeness (QED) is 0.383. The highest BCUT2D eigenvalue weighted by molar-refractivity contribution is 6.30. The molecule has 216 valence electrons. The Morgan fingerprint density at radius 2 is 1.60 bits per heavy atom. The summed E-state index contributed by atoms with van der Waals surface area (Å²) >= 11 is 5.85. The van der Waals surface area contributed by atoms with E-state index in [0.717, 1.165) is 17.1 Å². The molecule has 3 aromatic rings. The maximum atomic E-state index is 14.4. The molecule has 0 spiro atoms. The summed E-state index contributed by atoms with van der Waals surface area (Å²) in [7, 11) is 0. The summed E-state index contributed by atoms with van der Waals surface area (Å²) in [6.07, 6.45) is -14.8. The van der Waals surface area contributed by atoms with Crippen molar-refractivity contribution >= 4 is 17.4 Å². The zero-order valence-corrected chi connectivity index (χ0v) is 20.9. The van der Waals surface area contributed by atoms with Crippen molar-refractivity contribution in [3.63, 3.8) is 0 Å². The predicted molar refractivity (Wildman–Crippen MR) is 124 cm³/mol. The number of amidine groups is 1. The number of aliphatic hydroxyl groups is 2. The fourth-order valence-corrected chi connectivity index (χ4v) is 3.95. The van der Waals surface area contributed by atoms with Gasteiger partial charge >= 0.3 is 18.3 Å². The van der Waals surface area contributed by atoms with E-state index in [0.29, 0.717) is 22.6 Å². The van der Waals surface area contributed by atoms with Gasteiger partial charge in [-0.25, -0.2) is 14.7 Å². The Morgan fingerprint density at radius 3 is 2.17 bits per heavy atom. The fraction of sp³-hybridized carbons (Fsp3) is 0.348. The third kappa shape index (κ3) is 6.13. The molecule has 0 radical (unpaired) electrons. The first-order valence-corrected chi connectivity index (χ1v) is 11.7. The minimum atomic E-state index is -5.05. The van der Waals surface area contributed by atoms with Crippen molar-refractivity contribution in [3.8, 4) is 5.69 Å². The highest BCUT2D eigenvalue weighted by Crippen LogP contribution is 2.36. The summed E-state index contributed by atoms with van der Waals surface area (Å²) in [6, 6.07) is 9.37. The second-order valence-corrected chi connectivity index (χ2v) is 9.19. The molecule has 17 heteroatoms. The van der Waals surface area contributed by atoms with Crippen molar-refractivity contribution in [3.05, 3.63) is 76.3 Å². The van der Waals surface area contributed by atoms with E-state index in [9.17, 15) is 45.3 Å². The van der Waals surface area contributed by atoms with E-state index in [2.05, 4.69) is 15.2 Å². The predicted octanol–water partition coefficient (Wildman–Crippen LogP) is 4.73. The van der Waals surface area contributed by atoms with Crippen LogP contribution in [0.25, 0.3) is 5.69 Å². The molecule has 2 heterocycles. The molecule has 0 amide bonds. The van der Waals surface area contributed by atoms with Gasteiger partial charge in [-0.3, -0.25) is 0 Å². The molecule has 4 rings (SSSR count). The molecular formula is C23H19ClF8N6O2. The largest absolute Gasteiger partial charge is 0.418 e. The number of para-hydroxylation sites is 1. The molecule has 2 aromatic carbocycles. The Morgan fingerprint density at radius 1 is 0.975 bits per heavy atom. The normalized spacial score (nSPS) is 17.4. The van der Waals surface area contributed by atoms with Crippen molar-refractivity contribution in [1.29, 1.82) is 0 Å². The van der Waals surface area contributed by atoms with Gasteiger partial charge in [0.2, 0.25) is 12.2 Å². The smallest absolute Gasteiger partial charge is 0.382 e. The molecule has 8 nitrogen and oxygen atoms in total. The first kappa shape index (κ1) is 29.5. The average Bonchev–Trinajstić information content (AvgIpc) is 3.41. The molecule has 0 saturated heterocycles. The molecule has 0 fully saturated rings. The topological polar surface area (TPSA) is 90.0 Å². The summed E-state index contributed by atoms with van der Waals surface area (Å²) in [5.74, 6) is -5.69. The maximum absolute atomic E-state index is 14.4. The van der Waals surface area contributed by atoms with Crippen molar-refractivity contribution in [2.24, 2.45) is 5.10 Å². The van der Waals surface area contributed by atoms with Crippen LogP contribution in [0.15, 0.2) is 53.6 Å². The van der Waals surface area contributed by atoms with Crippen LogP contribution < -0.4 is 0 Å². The average molecular weight is 599 g/mol. The van der Waals surface area contributed by atoms with E-state index in [4.69, 9.17) is 11.6 Å². The number of halogens is 9. The maximum Gasteiger partial charge on any atom is 0.418 e. The molecule has 2 N–H and O–H groups in total. The molecule has 0 bridgehead atoms. The SMILES string of the molecule is CC(F)(F)c1nc(CN2N=C(c3ccc(Cl)cc3)N(C[C@H](O)C(F)(F)F)C2O)nn1-c1ccccc1C(F)(F)F. The number of hydrogen-bond acceptors (Lipinski definition) is 7. The van der Waals surface area contributed by atoms with Gasteiger partial charge < -0.3 is 15.1 Å². The summed E-state index contributed by atoms with van der Waals surface area (Å²) in [4.78, 5) is 4.36. The van der Waals surface area contributed by atoms with Crippen LogP contribution in [0.5, 0.6) is 0 Å². The Bertz CT molecular complexity index is 1390. The lowest BCUT2D eigenvalue weighted by Crippen LogP contribution is -2.49. The van der Waals surface area contributed by atoms with E-state index in [1.54, 1.807) is 0 Å². The minimum Gasteiger partial charge on any atom is -0.382 e. The van der Waals surface area contributed by atoms with Gasteiger partial charge in [0.1, 0.15) is 6.54 Å². The highest BCUT2D eigenvalue weighted by Gasteiger charge is 2.44. The first-order valence-electron chi connectivity index (χ1n) is 11.3. The van der Waals surface area contributed by atoms with E-state index in [-0.39, 0.29) is 16.4 Å². The number of alkyl halides is 8. The second-order valence-electron chi connectivity index (χ2n) is 8.75. The van der Waals surface area contributed by atoms with E-state index in [1.165, 1.54) is 30.3 Å². The van der Waals surface area contributed by atoms with E-state index in [1.807, 2.05) is 0 Å². The van der Waals surface area contributed by atoms with Gasteiger partial charge in [-0.05, 0) is 36.4 Å². The van der Waals surface area contributed by atoms with Gasteiger partial charge in [0.25, 0.3) is 0 Å². The number of nitrogens with zero attached hydrogens (tertiary/aromatic N) is 6. The van der Waals surface area contributed by atoms with Gasteiger partial charge in [-0.15, -0.1) is 5.10 Å². The van der Waals surface area contributed by atoms with Crippen LogP contribution in [0.4, 0.5) is 35.1 Å². The molecule has 0 aliphatic carbocycles. The number of hydrazone groups is 1. The van der Waals surface area contributed by atoms with Crippen molar-refractivity contribution in [2.45, 2.75) is 44.2 Å². The molecular weight excluding hydrogens is 580 g/mol. The van der Waals surface area contributed by atoms with Crippen LogP contribution in [0.2, 0.25) is 5.02 Å². The molecule has 40 heavy (non-hydrogen) atoms.